The maximum Gasteiger partial charge on any atom is 0.179 e. The summed E-state index contributed by atoms with van der Waals surface area (Å²) in [6, 6.07) is 52.0. The fraction of sp³-hybridized carbons (Fsp3) is 0. The van der Waals surface area contributed by atoms with Gasteiger partial charge in [-0.1, -0.05) is 133 Å². The van der Waals surface area contributed by atoms with Gasteiger partial charge in [0.1, 0.15) is 0 Å². The first kappa shape index (κ1) is 20.8. The third-order valence-electron chi connectivity index (χ3n) is 6.06. The zero-order valence-corrected chi connectivity index (χ0v) is 19.4. The lowest BCUT2D eigenvalue weighted by atomic mass is 10.2. The van der Waals surface area contributed by atoms with Crippen molar-refractivity contribution in [3.05, 3.63) is 157 Å². The van der Waals surface area contributed by atoms with E-state index in [1.807, 2.05) is 30.3 Å². The molecule has 0 amide bonds. The molecule has 0 aliphatic rings. The minimum absolute atomic E-state index is 1.03. The van der Waals surface area contributed by atoms with E-state index in [2.05, 4.69) is 127 Å². The van der Waals surface area contributed by atoms with Crippen LogP contribution < -0.4 is 20.7 Å². The van der Waals surface area contributed by atoms with E-state index >= 15 is 0 Å². The molecule has 0 bridgehead atoms. The van der Waals surface area contributed by atoms with E-state index in [0.29, 0.717) is 0 Å². The third kappa shape index (κ3) is 4.17. The van der Waals surface area contributed by atoms with Crippen LogP contribution >= 0.6 is 0 Å². The second-order valence-electron chi connectivity index (χ2n) is 8.04. The van der Waals surface area contributed by atoms with Gasteiger partial charge in [0.25, 0.3) is 0 Å². The van der Waals surface area contributed by atoms with Crippen molar-refractivity contribution in [2.24, 2.45) is 0 Å². The minimum Gasteiger partial charge on any atom is -0.0623 e. The Bertz CT molecular complexity index is 1270. The second kappa shape index (κ2) is 9.57. The van der Waals surface area contributed by atoms with Gasteiger partial charge in [0.05, 0.1) is 0 Å². The van der Waals surface area contributed by atoms with Gasteiger partial charge in [-0.15, -0.1) is 0 Å². The van der Waals surface area contributed by atoms with Crippen LogP contribution in [0.5, 0.6) is 0 Å². The smallest absolute Gasteiger partial charge is 0.0623 e. The topological polar surface area (TPSA) is 0 Å². The van der Waals surface area contributed by atoms with E-state index in [1.54, 1.807) is 0 Å². The van der Waals surface area contributed by atoms with Gasteiger partial charge in [-0.05, 0) is 45.0 Å². The highest BCUT2D eigenvalue weighted by molar-refractivity contribution is 7.19. The van der Waals surface area contributed by atoms with Crippen LogP contribution in [0.3, 0.4) is 0 Å². The molecule has 5 aromatic carbocycles. The molecule has 0 aliphatic carbocycles. The Balaban J connectivity index is 1.69. The average Bonchev–Trinajstić information content (AvgIpc) is 2.91. The lowest BCUT2D eigenvalue weighted by Gasteiger charge is -2.34. The molecule has 0 saturated heterocycles. The SMILES string of the molecule is C(#Cc1ccc([Si](c2ccccc2)(c2ccccc2)c2ccccc2)cc1)c1ccccc1. The zero-order valence-electron chi connectivity index (χ0n) is 18.4. The predicted octanol–water partition coefficient (Wildman–Crippen LogP) is 4.46. The molecule has 0 nitrogen and oxygen atoms in total. The summed E-state index contributed by atoms with van der Waals surface area (Å²) in [5.74, 6) is 6.60. The maximum atomic E-state index is 3.32. The standard InChI is InChI=1S/C32H24Si/c1-5-13-27(14-6-1)21-22-28-23-25-32(26-24-28)33(29-15-7-2-8-16-29,30-17-9-3-10-18-30)31-19-11-4-12-20-31/h1-20,23-26H. The van der Waals surface area contributed by atoms with Gasteiger partial charge in [0.15, 0.2) is 8.07 Å². The lowest BCUT2D eigenvalue weighted by Crippen LogP contribution is -2.74. The summed E-state index contributed by atoms with van der Waals surface area (Å²) in [6.07, 6.45) is 0. The van der Waals surface area contributed by atoms with Crippen molar-refractivity contribution in [3.63, 3.8) is 0 Å². The number of hydrogen-bond acceptors (Lipinski definition) is 0. The first-order chi connectivity index (χ1) is 16.4. The van der Waals surface area contributed by atoms with Crippen LogP contribution in [0.25, 0.3) is 0 Å². The summed E-state index contributed by atoms with van der Waals surface area (Å²) in [5, 5.41) is 5.50. The molecule has 0 aromatic heterocycles. The molecule has 33 heavy (non-hydrogen) atoms. The maximum absolute atomic E-state index is 3.32. The van der Waals surface area contributed by atoms with Gasteiger partial charge in [0, 0.05) is 11.1 Å². The Morgan fingerprint density at radius 3 is 1.00 bits per heavy atom. The van der Waals surface area contributed by atoms with Crippen molar-refractivity contribution in [1.82, 2.24) is 0 Å². The van der Waals surface area contributed by atoms with Crippen molar-refractivity contribution in [1.29, 1.82) is 0 Å². The third-order valence-corrected chi connectivity index (χ3v) is 10.9. The van der Waals surface area contributed by atoms with Crippen LogP contribution in [0.1, 0.15) is 11.1 Å². The number of rotatable bonds is 4. The van der Waals surface area contributed by atoms with Crippen LogP contribution in [0.4, 0.5) is 0 Å². The Labute approximate surface area is 197 Å². The molecule has 1 heteroatoms. The Morgan fingerprint density at radius 2 is 0.606 bits per heavy atom. The van der Waals surface area contributed by atoms with Crippen molar-refractivity contribution in [2.75, 3.05) is 0 Å². The van der Waals surface area contributed by atoms with Crippen LogP contribution in [-0.4, -0.2) is 8.07 Å². The van der Waals surface area contributed by atoms with E-state index in [1.165, 1.54) is 20.7 Å². The van der Waals surface area contributed by atoms with Crippen LogP contribution in [0.15, 0.2) is 146 Å². The highest BCUT2D eigenvalue weighted by Gasteiger charge is 2.41. The highest BCUT2D eigenvalue weighted by atomic mass is 28.3. The molecule has 0 radical (unpaired) electrons. The van der Waals surface area contributed by atoms with Gasteiger partial charge < -0.3 is 0 Å². The second-order valence-corrected chi connectivity index (χ2v) is 11.9. The molecule has 0 spiro atoms. The lowest BCUT2D eigenvalue weighted by molar-refractivity contribution is 1.62. The summed E-state index contributed by atoms with van der Waals surface area (Å²) < 4.78 is 0. The minimum atomic E-state index is -2.46. The molecule has 0 fully saturated rings. The monoisotopic (exact) mass is 436 g/mol. The molecule has 0 saturated carbocycles. The van der Waals surface area contributed by atoms with Gasteiger partial charge in [-0.2, -0.15) is 0 Å². The molecule has 156 valence electrons. The van der Waals surface area contributed by atoms with Gasteiger partial charge in [0.2, 0.25) is 0 Å². The molecule has 0 aliphatic heterocycles. The van der Waals surface area contributed by atoms with E-state index < -0.39 is 8.07 Å². The van der Waals surface area contributed by atoms with Gasteiger partial charge >= 0.3 is 0 Å². The zero-order chi connectivity index (χ0) is 22.3. The fourth-order valence-electron chi connectivity index (χ4n) is 4.53. The molecular formula is C32H24Si. The van der Waals surface area contributed by atoms with E-state index in [9.17, 15) is 0 Å². The van der Waals surface area contributed by atoms with E-state index in [4.69, 9.17) is 0 Å². The normalized spacial score (nSPS) is 10.8. The largest absolute Gasteiger partial charge is 0.179 e. The summed E-state index contributed by atoms with van der Waals surface area (Å²) in [6.45, 7) is 0. The van der Waals surface area contributed by atoms with Crippen molar-refractivity contribution < 1.29 is 0 Å². The Morgan fingerprint density at radius 1 is 0.303 bits per heavy atom. The average molecular weight is 437 g/mol. The van der Waals surface area contributed by atoms with Crippen molar-refractivity contribution >= 4 is 28.8 Å². The molecule has 5 rings (SSSR count). The molecule has 0 unspecified atom stereocenters. The molecular weight excluding hydrogens is 412 g/mol. The first-order valence-electron chi connectivity index (χ1n) is 11.2. The number of hydrogen-bond donors (Lipinski definition) is 0. The van der Waals surface area contributed by atoms with E-state index in [-0.39, 0.29) is 0 Å². The Hall–Kier alpha value is -4.12. The fourth-order valence-corrected chi connectivity index (χ4v) is 9.28. The first-order valence-corrected chi connectivity index (χ1v) is 13.2. The quantitative estimate of drug-likeness (QED) is 0.222. The van der Waals surface area contributed by atoms with Crippen LogP contribution in [0, 0.1) is 11.8 Å². The number of benzene rings is 5. The summed E-state index contributed by atoms with van der Waals surface area (Å²) >= 11 is 0. The van der Waals surface area contributed by atoms with Gasteiger partial charge in [-0.3, -0.25) is 0 Å². The van der Waals surface area contributed by atoms with Crippen LogP contribution in [-0.2, 0) is 0 Å². The van der Waals surface area contributed by atoms with Crippen LogP contribution in [0.2, 0.25) is 0 Å². The van der Waals surface area contributed by atoms with Crippen molar-refractivity contribution in [2.45, 2.75) is 0 Å². The van der Waals surface area contributed by atoms with Crippen molar-refractivity contribution in [3.8, 4) is 11.8 Å². The molecule has 0 N–H and O–H groups in total. The molecule has 0 atom stereocenters. The summed E-state index contributed by atoms with van der Waals surface area (Å²) in [4.78, 5) is 0. The Kier molecular flexibility index (Phi) is 6.02. The van der Waals surface area contributed by atoms with Gasteiger partial charge in [-0.25, -0.2) is 0 Å². The highest BCUT2D eigenvalue weighted by Crippen LogP contribution is 2.10. The summed E-state index contributed by atoms with van der Waals surface area (Å²) in [5.41, 5.74) is 2.06. The summed E-state index contributed by atoms with van der Waals surface area (Å²) in [7, 11) is -2.46. The predicted molar refractivity (Wildman–Crippen MR) is 142 cm³/mol. The molecule has 0 heterocycles. The van der Waals surface area contributed by atoms with E-state index in [0.717, 1.165) is 11.1 Å². The molecule has 5 aromatic rings.